The van der Waals surface area contributed by atoms with E-state index >= 15 is 0 Å². The molecule has 2 atom stereocenters. The average molecular weight is 282 g/mol. The maximum absolute atomic E-state index is 12.2. The van der Waals surface area contributed by atoms with E-state index in [4.69, 9.17) is 9.26 Å². The summed E-state index contributed by atoms with van der Waals surface area (Å²) in [4.78, 5) is 12.2. The number of nitrogens with one attached hydrogen (secondary N) is 1. The normalized spacial score (nSPS) is 27.9. The van der Waals surface area contributed by atoms with E-state index < -0.39 is 5.54 Å². The van der Waals surface area contributed by atoms with Gasteiger partial charge in [0.1, 0.15) is 5.76 Å². The molecular formula is C14H22N2O4. The molecule has 0 spiro atoms. The van der Waals surface area contributed by atoms with Gasteiger partial charge >= 0.3 is 0 Å². The zero-order valence-electron chi connectivity index (χ0n) is 12.4. The lowest BCUT2D eigenvalue weighted by molar-refractivity contribution is -0.172. The highest BCUT2D eigenvalue weighted by Gasteiger charge is 2.61. The van der Waals surface area contributed by atoms with Crippen LogP contribution in [0.1, 0.15) is 43.4 Å². The number of hydrogen-bond donors (Lipinski definition) is 2. The smallest absolute Gasteiger partial charge is 0.274 e. The molecule has 112 valence electrons. The summed E-state index contributed by atoms with van der Waals surface area (Å²) in [5, 5.41) is 16.3. The predicted octanol–water partition coefficient (Wildman–Crippen LogP) is 1.28. The van der Waals surface area contributed by atoms with Crippen LogP contribution in [-0.4, -0.2) is 41.0 Å². The molecule has 6 nitrogen and oxygen atoms in total. The lowest BCUT2D eigenvalue weighted by atomic mass is 9.54. The highest BCUT2D eigenvalue weighted by atomic mass is 16.5. The van der Waals surface area contributed by atoms with Gasteiger partial charge in [-0.05, 0) is 13.8 Å². The predicted molar refractivity (Wildman–Crippen MR) is 72.3 cm³/mol. The Bertz CT molecular complexity index is 497. The van der Waals surface area contributed by atoms with Gasteiger partial charge in [0.05, 0.1) is 18.2 Å². The quantitative estimate of drug-likeness (QED) is 0.849. The Kier molecular flexibility index (Phi) is 3.88. The van der Waals surface area contributed by atoms with Crippen LogP contribution in [0.5, 0.6) is 0 Å². The van der Waals surface area contributed by atoms with Crippen molar-refractivity contribution >= 4 is 5.91 Å². The average Bonchev–Trinajstić information content (AvgIpc) is 2.83. The zero-order chi connectivity index (χ0) is 15.0. The van der Waals surface area contributed by atoms with E-state index in [1.54, 1.807) is 13.0 Å². The molecule has 0 bridgehead atoms. The number of aliphatic hydroxyl groups is 1. The summed E-state index contributed by atoms with van der Waals surface area (Å²) in [7, 11) is 0. The van der Waals surface area contributed by atoms with E-state index in [9.17, 15) is 9.90 Å². The molecule has 1 amide bonds. The van der Waals surface area contributed by atoms with E-state index in [0.717, 1.165) is 0 Å². The molecule has 0 aliphatic heterocycles. The van der Waals surface area contributed by atoms with Crippen LogP contribution in [0.25, 0.3) is 0 Å². The van der Waals surface area contributed by atoms with Gasteiger partial charge < -0.3 is 19.7 Å². The van der Waals surface area contributed by atoms with Crippen LogP contribution >= 0.6 is 0 Å². The highest BCUT2D eigenvalue weighted by molar-refractivity contribution is 5.93. The molecule has 2 N–H and O–H groups in total. The first-order valence-corrected chi connectivity index (χ1v) is 6.84. The highest BCUT2D eigenvalue weighted by Crippen LogP contribution is 2.51. The molecule has 1 aromatic heterocycles. The molecule has 1 fully saturated rings. The van der Waals surface area contributed by atoms with Crippen molar-refractivity contribution in [2.24, 2.45) is 5.41 Å². The van der Waals surface area contributed by atoms with Crippen molar-refractivity contribution in [3.63, 3.8) is 0 Å². The van der Waals surface area contributed by atoms with Crippen LogP contribution in [0.3, 0.4) is 0 Å². The number of aromatic nitrogens is 1. The Balaban J connectivity index is 2.12. The molecule has 0 aromatic carbocycles. The second-order valence-corrected chi connectivity index (χ2v) is 5.89. The van der Waals surface area contributed by atoms with Gasteiger partial charge in [-0.3, -0.25) is 4.79 Å². The molecular weight excluding hydrogens is 260 g/mol. The number of carbonyl (C=O) groups is 1. The van der Waals surface area contributed by atoms with Crippen LogP contribution in [0.4, 0.5) is 0 Å². The zero-order valence-corrected chi connectivity index (χ0v) is 12.4. The van der Waals surface area contributed by atoms with Crippen molar-refractivity contribution in [1.82, 2.24) is 10.5 Å². The number of carbonyl (C=O) groups excluding carboxylic acids is 1. The standard InChI is InChI=1S/C14H22N2O4/c1-5-19-11-7-14(8-17,13(11,3)4)15-12(18)10-6-9(2)20-16-10/h6,11,17H,5,7-8H2,1-4H3,(H,15,18)/t11-,14-/m0/s1. The fourth-order valence-corrected chi connectivity index (χ4v) is 2.75. The number of aryl methyl sites for hydroxylation is 1. The van der Waals surface area contributed by atoms with Crippen LogP contribution in [0.15, 0.2) is 10.6 Å². The maximum Gasteiger partial charge on any atom is 0.274 e. The van der Waals surface area contributed by atoms with Gasteiger partial charge in [0.15, 0.2) is 5.69 Å². The summed E-state index contributed by atoms with van der Waals surface area (Å²) in [6.07, 6.45) is 0.617. The fourth-order valence-electron chi connectivity index (χ4n) is 2.75. The van der Waals surface area contributed by atoms with Crippen molar-refractivity contribution < 1.29 is 19.2 Å². The summed E-state index contributed by atoms with van der Waals surface area (Å²) in [5.41, 5.74) is -0.797. The van der Waals surface area contributed by atoms with Gasteiger partial charge in [-0.2, -0.15) is 0 Å². The van der Waals surface area contributed by atoms with Crippen LogP contribution in [0.2, 0.25) is 0 Å². The van der Waals surface area contributed by atoms with Crippen molar-refractivity contribution in [3.05, 3.63) is 17.5 Å². The second-order valence-electron chi connectivity index (χ2n) is 5.89. The van der Waals surface area contributed by atoms with Gasteiger partial charge in [0.25, 0.3) is 5.91 Å². The minimum absolute atomic E-state index is 0.0268. The van der Waals surface area contributed by atoms with Gasteiger partial charge in [-0.25, -0.2) is 0 Å². The number of rotatable bonds is 5. The van der Waals surface area contributed by atoms with E-state index in [-0.39, 0.29) is 29.7 Å². The first-order chi connectivity index (χ1) is 9.36. The molecule has 1 aromatic rings. The molecule has 20 heavy (non-hydrogen) atoms. The van der Waals surface area contributed by atoms with E-state index in [0.29, 0.717) is 18.8 Å². The van der Waals surface area contributed by atoms with Crippen molar-refractivity contribution in [2.45, 2.75) is 45.8 Å². The Morgan fingerprint density at radius 3 is 2.80 bits per heavy atom. The molecule has 6 heteroatoms. The number of nitrogens with zero attached hydrogens (tertiary/aromatic N) is 1. The number of amides is 1. The van der Waals surface area contributed by atoms with Crippen molar-refractivity contribution in [1.29, 1.82) is 0 Å². The Labute approximate surface area is 118 Å². The molecule has 1 aliphatic carbocycles. The number of aliphatic hydroxyl groups excluding tert-OH is 1. The molecule has 1 heterocycles. The summed E-state index contributed by atoms with van der Waals surface area (Å²) in [6, 6.07) is 1.58. The molecule has 1 saturated carbocycles. The van der Waals surface area contributed by atoms with E-state index in [1.807, 2.05) is 20.8 Å². The SMILES string of the molecule is CCO[C@H]1C[C@@](CO)(NC(=O)c2cc(C)on2)C1(C)C. The summed E-state index contributed by atoms with van der Waals surface area (Å²) in [6.45, 7) is 8.12. The molecule has 2 rings (SSSR count). The summed E-state index contributed by atoms with van der Waals surface area (Å²) < 4.78 is 10.5. The minimum atomic E-state index is -0.684. The topological polar surface area (TPSA) is 84.6 Å². The minimum Gasteiger partial charge on any atom is -0.394 e. The number of ether oxygens (including phenoxy) is 1. The second kappa shape index (κ2) is 5.18. The summed E-state index contributed by atoms with van der Waals surface area (Å²) >= 11 is 0. The molecule has 1 aliphatic rings. The van der Waals surface area contributed by atoms with Crippen LogP contribution in [-0.2, 0) is 4.74 Å². The van der Waals surface area contributed by atoms with E-state index in [1.165, 1.54) is 0 Å². The largest absolute Gasteiger partial charge is 0.394 e. The van der Waals surface area contributed by atoms with Crippen LogP contribution < -0.4 is 5.32 Å². The third-order valence-corrected chi connectivity index (χ3v) is 4.42. The Hall–Kier alpha value is -1.40. The summed E-state index contributed by atoms with van der Waals surface area (Å²) in [5.74, 6) is 0.243. The molecule has 0 saturated heterocycles. The molecule has 0 radical (unpaired) electrons. The fraction of sp³-hybridized carbons (Fsp3) is 0.714. The van der Waals surface area contributed by atoms with Crippen molar-refractivity contribution in [3.8, 4) is 0 Å². The van der Waals surface area contributed by atoms with Crippen molar-refractivity contribution in [2.75, 3.05) is 13.2 Å². The molecule has 0 unspecified atom stereocenters. The van der Waals surface area contributed by atoms with Gasteiger partial charge in [-0.15, -0.1) is 0 Å². The van der Waals surface area contributed by atoms with Gasteiger partial charge in [0.2, 0.25) is 0 Å². The lowest BCUT2D eigenvalue weighted by Crippen LogP contribution is -2.74. The van der Waals surface area contributed by atoms with Gasteiger partial charge in [-0.1, -0.05) is 19.0 Å². The first-order valence-electron chi connectivity index (χ1n) is 6.84. The first kappa shape index (κ1) is 15.0. The third-order valence-electron chi connectivity index (χ3n) is 4.42. The Morgan fingerprint density at radius 2 is 2.35 bits per heavy atom. The Morgan fingerprint density at radius 1 is 1.65 bits per heavy atom. The van der Waals surface area contributed by atoms with Crippen LogP contribution in [0, 0.1) is 12.3 Å². The maximum atomic E-state index is 12.2. The third kappa shape index (κ3) is 2.23. The van der Waals surface area contributed by atoms with Gasteiger partial charge in [0, 0.05) is 24.5 Å². The van der Waals surface area contributed by atoms with E-state index in [2.05, 4.69) is 10.5 Å². The number of hydrogen-bond acceptors (Lipinski definition) is 5. The monoisotopic (exact) mass is 282 g/mol. The lowest BCUT2D eigenvalue weighted by Gasteiger charge is -2.60.